The van der Waals surface area contributed by atoms with Gasteiger partial charge in [0.25, 0.3) is 0 Å². The lowest BCUT2D eigenvalue weighted by atomic mass is 10.2. The van der Waals surface area contributed by atoms with Gasteiger partial charge in [0.1, 0.15) is 0 Å². The molecule has 3 saturated heterocycles. The van der Waals surface area contributed by atoms with Crippen LogP contribution in [0.25, 0.3) is 0 Å². The van der Waals surface area contributed by atoms with Gasteiger partial charge < -0.3 is 19.9 Å². The van der Waals surface area contributed by atoms with E-state index in [4.69, 9.17) is 4.74 Å². The van der Waals surface area contributed by atoms with Crippen molar-refractivity contribution in [3.05, 3.63) is 0 Å². The number of morpholine rings is 1. The normalized spacial score (nSPS) is 28.5. The lowest BCUT2D eigenvalue weighted by molar-refractivity contribution is 0.0195. The molecule has 3 aliphatic rings. The van der Waals surface area contributed by atoms with Crippen molar-refractivity contribution in [3.8, 4) is 0 Å². The molecule has 0 aromatic heterocycles. The Morgan fingerprint density at radius 1 is 1.14 bits per heavy atom. The van der Waals surface area contributed by atoms with Crippen molar-refractivity contribution < 1.29 is 4.74 Å². The molecule has 0 amide bonds. The lowest BCUT2D eigenvalue weighted by Gasteiger charge is -2.32. The topological polar surface area (TPSA) is 43.3 Å². The molecule has 1 unspecified atom stereocenters. The van der Waals surface area contributed by atoms with E-state index in [1.54, 1.807) is 0 Å². The quantitative estimate of drug-likeness (QED) is 0.588. The summed E-state index contributed by atoms with van der Waals surface area (Å²) in [6.45, 7) is 10.8. The minimum absolute atomic E-state index is 0.668. The molecule has 22 heavy (non-hydrogen) atoms. The maximum atomic E-state index is 5.46. The minimum atomic E-state index is 0.668. The van der Waals surface area contributed by atoms with E-state index in [1.807, 2.05) is 7.05 Å². The predicted molar refractivity (Wildman–Crippen MR) is 89.4 cm³/mol. The van der Waals surface area contributed by atoms with Crippen LogP contribution in [0.5, 0.6) is 0 Å². The number of hydrogen-bond acceptors (Lipinski definition) is 4. The molecule has 0 aromatic carbocycles. The van der Waals surface area contributed by atoms with Crippen LogP contribution >= 0.6 is 0 Å². The summed E-state index contributed by atoms with van der Waals surface area (Å²) in [5.74, 6) is 1.08. The first-order valence-corrected chi connectivity index (χ1v) is 8.86. The first-order chi connectivity index (χ1) is 10.9. The molecular formula is C16H31N5O. The number of ether oxygens (including phenoxy) is 1. The van der Waals surface area contributed by atoms with Crippen LogP contribution in [-0.2, 0) is 4.74 Å². The zero-order valence-electron chi connectivity index (χ0n) is 14.0. The highest BCUT2D eigenvalue weighted by molar-refractivity contribution is 5.80. The van der Waals surface area contributed by atoms with Gasteiger partial charge in [-0.3, -0.25) is 9.89 Å². The van der Waals surface area contributed by atoms with Crippen molar-refractivity contribution in [1.82, 2.24) is 20.0 Å². The van der Waals surface area contributed by atoms with Gasteiger partial charge in [-0.25, -0.2) is 0 Å². The fourth-order valence-corrected chi connectivity index (χ4v) is 3.84. The summed E-state index contributed by atoms with van der Waals surface area (Å²) < 4.78 is 5.46. The van der Waals surface area contributed by atoms with Crippen LogP contribution in [0.15, 0.2) is 4.99 Å². The van der Waals surface area contributed by atoms with Gasteiger partial charge in [0.15, 0.2) is 5.96 Å². The number of guanidine groups is 1. The van der Waals surface area contributed by atoms with E-state index < -0.39 is 0 Å². The van der Waals surface area contributed by atoms with Gasteiger partial charge in [0.05, 0.1) is 13.2 Å². The highest BCUT2D eigenvalue weighted by atomic mass is 16.5. The molecule has 0 radical (unpaired) electrons. The maximum Gasteiger partial charge on any atom is 0.193 e. The van der Waals surface area contributed by atoms with Crippen molar-refractivity contribution >= 4 is 5.96 Å². The third-order valence-electron chi connectivity index (χ3n) is 5.15. The maximum absolute atomic E-state index is 5.46. The summed E-state index contributed by atoms with van der Waals surface area (Å²) in [4.78, 5) is 12.0. The molecule has 0 aromatic rings. The second-order valence-corrected chi connectivity index (χ2v) is 6.56. The predicted octanol–water partition coefficient (Wildman–Crippen LogP) is 0.0641. The number of hydrogen-bond donors (Lipinski definition) is 1. The first-order valence-electron chi connectivity index (χ1n) is 8.86. The molecule has 1 atom stereocenters. The van der Waals surface area contributed by atoms with Crippen LogP contribution in [0.1, 0.15) is 19.3 Å². The highest BCUT2D eigenvalue weighted by Gasteiger charge is 2.30. The smallest absolute Gasteiger partial charge is 0.193 e. The Kier molecular flexibility index (Phi) is 5.92. The van der Waals surface area contributed by atoms with Crippen molar-refractivity contribution in [2.75, 3.05) is 72.6 Å². The second-order valence-electron chi connectivity index (χ2n) is 6.56. The van der Waals surface area contributed by atoms with E-state index in [0.29, 0.717) is 6.04 Å². The molecule has 3 heterocycles. The number of nitrogens with zero attached hydrogens (tertiary/aromatic N) is 4. The van der Waals surface area contributed by atoms with Crippen molar-refractivity contribution in [3.63, 3.8) is 0 Å². The van der Waals surface area contributed by atoms with Gasteiger partial charge in [-0.2, -0.15) is 0 Å². The van der Waals surface area contributed by atoms with Crippen LogP contribution in [-0.4, -0.2) is 99.3 Å². The summed E-state index contributed by atoms with van der Waals surface area (Å²) in [6.07, 6.45) is 3.97. The van der Waals surface area contributed by atoms with Gasteiger partial charge in [-0.1, -0.05) is 0 Å². The summed E-state index contributed by atoms with van der Waals surface area (Å²) in [5.41, 5.74) is 0. The third-order valence-corrected chi connectivity index (χ3v) is 5.15. The summed E-state index contributed by atoms with van der Waals surface area (Å²) in [6, 6.07) is 0.668. The molecule has 1 N–H and O–H groups in total. The zero-order chi connectivity index (χ0) is 15.2. The summed E-state index contributed by atoms with van der Waals surface area (Å²) >= 11 is 0. The van der Waals surface area contributed by atoms with E-state index in [2.05, 4.69) is 25.0 Å². The highest BCUT2D eigenvalue weighted by Crippen LogP contribution is 2.17. The average Bonchev–Trinajstić information content (AvgIpc) is 3.24. The number of likely N-dealkylation sites (tertiary alicyclic amines) is 2. The Balaban J connectivity index is 1.41. The molecule has 3 fully saturated rings. The fourth-order valence-electron chi connectivity index (χ4n) is 3.84. The fraction of sp³-hybridized carbons (Fsp3) is 0.938. The Morgan fingerprint density at radius 3 is 2.64 bits per heavy atom. The molecule has 6 nitrogen and oxygen atoms in total. The molecule has 126 valence electrons. The largest absolute Gasteiger partial charge is 0.379 e. The van der Waals surface area contributed by atoms with Crippen LogP contribution in [0, 0.1) is 0 Å². The molecule has 0 bridgehead atoms. The van der Waals surface area contributed by atoms with Gasteiger partial charge in [0.2, 0.25) is 0 Å². The van der Waals surface area contributed by atoms with Crippen molar-refractivity contribution in [2.24, 2.45) is 4.99 Å². The average molecular weight is 309 g/mol. The molecule has 3 rings (SSSR count). The molecular weight excluding hydrogens is 278 g/mol. The summed E-state index contributed by atoms with van der Waals surface area (Å²) in [7, 11) is 1.90. The number of nitrogens with one attached hydrogen (secondary N) is 1. The Hall–Kier alpha value is -0.850. The molecule has 0 saturated carbocycles. The van der Waals surface area contributed by atoms with E-state index >= 15 is 0 Å². The number of rotatable bonds is 4. The summed E-state index contributed by atoms with van der Waals surface area (Å²) in [5, 5.41) is 3.55. The van der Waals surface area contributed by atoms with E-state index in [1.165, 1.54) is 32.4 Å². The van der Waals surface area contributed by atoms with Crippen molar-refractivity contribution in [1.29, 1.82) is 0 Å². The molecule has 0 aliphatic carbocycles. The number of aliphatic imine (C=N–C) groups is 1. The van der Waals surface area contributed by atoms with Gasteiger partial charge in [-0.05, 0) is 32.4 Å². The van der Waals surface area contributed by atoms with Crippen molar-refractivity contribution in [2.45, 2.75) is 25.3 Å². The lowest BCUT2D eigenvalue weighted by Crippen LogP contribution is -2.47. The molecule has 6 heteroatoms. The van der Waals surface area contributed by atoms with E-state index in [0.717, 1.165) is 58.4 Å². The Bertz CT molecular complexity index is 364. The zero-order valence-corrected chi connectivity index (χ0v) is 14.0. The monoisotopic (exact) mass is 309 g/mol. The van der Waals surface area contributed by atoms with Crippen LogP contribution in [0.4, 0.5) is 0 Å². The van der Waals surface area contributed by atoms with Gasteiger partial charge >= 0.3 is 0 Å². The van der Waals surface area contributed by atoms with E-state index in [-0.39, 0.29) is 0 Å². The van der Waals surface area contributed by atoms with Crippen LogP contribution < -0.4 is 5.32 Å². The first kappa shape index (κ1) is 16.0. The third kappa shape index (κ3) is 4.12. The van der Waals surface area contributed by atoms with E-state index in [9.17, 15) is 0 Å². The molecule has 0 spiro atoms. The Morgan fingerprint density at radius 2 is 1.91 bits per heavy atom. The van der Waals surface area contributed by atoms with Crippen LogP contribution in [0.3, 0.4) is 0 Å². The minimum Gasteiger partial charge on any atom is -0.379 e. The van der Waals surface area contributed by atoms with Gasteiger partial charge in [-0.15, -0.1) is 0 Å². The Labute approximate surface area is 134 Å². The molecule has 3 aliphatic heterocycles. The SMILES string of the molecule is CN=C(NCCN1CCCC1)N1CCC(N2CCOCC2)C1. The van der Waals surface area contributed by atoms with Gasteiger partial charge in [0, 0.05) is 52.4 Å². The standard InChI is InChI=1S/C16H31N5O/c1-17-16(18-5-9-19-6-2-3-7-19)21-8-4-15(14-21)20-10-12-22-13-11-20/h15H,2-14H2,1H3,(H,17,18). The van der Waals surface area contributed by atoms with Crippen LogP contribution in [0.2, 0.25) is 0 Å². The second kappa shape index (κ2) is 8.13.